The zero-order valence-corrected chi connectivity index (χ0v) is 14.7. The van der Waals surface area contributed by atoms with Crippen molar-refractivity contribution in [1.82, 2.24) is 0 Å². The monoisotopic (exact) mass is 347 g/mol. The van der Waals surface area contributed by atoms with Crippen molar-refractivity contribution in [2.75, 3.05) is 5.32 Å². The van der Waals surface area contributed by atoms with E-state index in [1.165, 1.54) is 13.0 Å². The fraction of sp³-hybridized carbons (Fsp3) is 0.143. The van der Waals surface area contributed by atoms with Crippen LogP contribution in [0.4, 0.5) is 5.69 Å². The number of benzene rings is 2. The van der Waals surface area contributed by atoms with Gasteiger partial charge in [-0.05, 0) is 37.1 Å². The van der Waals surface area contributed by atoms with E-state index in [4.69, 9.17) is 8.83 Å². The van der Waals surface area contributed by atoms with Crippen molar-refractivity contribution in [3.05, 3.63) is 64.0 Å². The van der Waals surface area contributed by atoms with Crippen LogP contribution in [0.25, 0.3) is 33.3 Å². The van der Waals surface area contributed by atoms with E-state index in [-0.39, 0.29) is 5.91 Å². The zero-order chi connectivity index (χ0) is 18.4. The molecule has 0 spiro atoms. The minimum Gasteiger partial charge on any atom is -0.454 e. The molecule has 0 aliphatic carbocycles. The van der Waals surface area contributed by atoms with Gasteiger partial charge < -0.3 is 14.2 Å². The Kier molecular flexibility index (Phi) is 3.65. The molecule has 130 valence electrons. The summed E-state index contributed by atoms with van der Waals surface area (Å²) in [6, 6.07) is 12.7. The van der Waals surface area contributed by atoms with E-state index in [1.807, 2.05) is 50.2 Å². The van der Waals surface area contributed by atoms with Crippen molar-refractivity contribution in [3.8, 4) is 11.3 Å². The third-order valence-electron chi connectivity index (χ3n) is 4.57. The molecule has 0 fully saturated rings. The average molecular weight is 347 g/mol. The zero-order valence-electron chi connectivity index (χ0n) is 14.7. The first-order valence-electron chi connectivity index (χ1n) is 8.29. The Morgan fingerprint density at radius 3 is 2.54 bits per heavy atom. The van der Waals surface area contributed by atoms with E-state index in [2.05, 4.69) is 5.32 Å². The number of furan rings is 1. The molecule has 0 radical (unpaired) electrons. The molecule has 2 aromatic carbocycles. The summed E-state index contributed by atoms with van der Waals surface area (Å²) < 4.78 is 11.5. The number of aryl methyl sites for hydroxylation is 2. The Balaban J connectivity index is 2.12. The fourth-order valence-corrected chi connectivity index (χ4v) is 3.18. The molecule has 0 saturated carbocycles. The molecule has 0 aliphatic rings. The van der Waals surface area contributed by atoms with Gasteiger partial charge in [-0.15, -0.1) is 0 Å². The van der Waals surface area contributed by atoms with E-state index < -0.39 is 5.63 Å². The van der Waals surface area contributed by atoms with Crippen LogP contribution in [0.15, 0.2) is 56.1 Å². The molecule has 5 nitrogen and oxygen atoms in total. The number of para-hydroxylation sites is 1. The first-order chi connectivity index (χ1) is 12.5. The second-order valence-corrected chi connectivity index (χ2v) is 6.35. The van der Waals surface area contributed by atoms with Crippen LogP contribution in [0.3, 0.4) is 0 Å². The highest BCUT2D eigenvalue weighted by Gasteiger charge is 2.20. The van der Waals surface area contributed by atoms with Crippen LogP contribution >= 0.6 is 0 Å². The van der Waals surface area contributed by atoms with E-state index in [0.717, 1.165) is 21.9 Å². The van der Waals surface area contributed by atoms with Crippen LogP contribution in [0, 0.1) is 13.8 Å². The van der Waals surface area contributed by atoms with E-state index in [1.54, 1.807) is 0 Å². The number of hydrogen-bond donors (Lipinski definition) is 1. The lowest BCUT2D eigenvalue weighted by Crippen LogP contribution is -2.07. The van der Waals surface area contributed by atoms with Crippen LogP contribution in [-0.4, -0.2) is 5.91 Å². The second-order valence-electron chi connectivity index (χ2n) is 6.35. The molecule has 0 unspecified atom stereocenters. The molecule has 2 heterocycles. The van der Waals surface area contributed by atoms with Gasteiger partial charge in [0.15, 0.2) is 5.76 Å². The van der Waals surface area contributed by atoms with Crippen LogP contribution in [0.2, 0.25) is 0 Å². The summed E-state index contributed by atoms with van der Waals surface area (Å²) in [5, 5.41) is 4.38. The highest BCUT2D eigenvalue weighted by atomic mass is 16.4. The number of rotatable bonds is 2. The van der Waals surface area contributed by atoms with Crippen LogP contribution < -0.4 is 10.9 Å². The fourth-order valence-electron chi connectivity index (χ4n) is 3.18. The summed E-state index contributed by atoms with van der Waals surface area (Å²) in [6.07, 6.45) is 0. The summed E-state index contributed by atoms with van der Waals surface area (Å²) in [4.78, 5) is 23.9. The normalized spacial score (nSPS) is 11.2. The van der Waals surface area contributed by atoms with Crippen molar-refractivity contribution in [2.24, 2.45) is 0 Å². The lowest BCUT2D eigenvalue weighted by molar-refractivity contribution is -0.114. The molecule has 5 heteroatoms. The molecule has 0 saturated heterocycles. The lowest BCUT2D eigenvalue weighted by atomic mass is 10.0. The van der Waals surface area contributed by atoms with Gasteiger partial charge in [0, 0.05) is 29.3 Å². The molecule has 1 N–H and O–H groups in total. The van der Waals surface area contributed by atoms with Crippen molar-refractivity contribution in [3.63, 3.8) is 0 Å². The predicted octanol–water partition coefficient (Wildman–Crippen LogP) is 4.78. The Morgan fingerprint density at radius 1 is 1.00 bits per heavy atom. The van der Waals surface area contributed by atoms with Gasteiger partial charge in [-0.2, -0.15) is 0 Å². The number of hydrogen-bond acceptors (Lipinski definition) is 4. The molecule has 0 atom stereocenters. The summed E-state index contributed by atoms with van der Waals surface area (Å²) in [5.74, 6) is 0.236. The maximum atomic E-state index is 12.2. The van der Waals surface area contributed by atoms with E-state index >= 15 is 0 Å². The largest absolute Gasteiger partial charge is 0.454 e. The van der Waals surface area contributed by atoms with Crippen LogP contribution in [0.5, 0.6) is 0 Å². The number of anilines is 1. The van der Waals surface area contributed by atoms with Crippen molar-refractivity contribution in [1.29, 1.82) is 0 Å². The first-order valence-corrected chi connectivity index (χ1v) is 8.29. The SMILES string of the molecule is CC(=O)Nc1c(-c2cc(=O)oc3c(C)c(C)ccc23)oc2ccccc12. The molecule has 0 aliphatic heterocycles. The molecule has 4 aromatic rings. The lowest BCUT2D eigenvalue weighted by Gasteiger charge is -2.09. The molecular weight excluding hydrogens is 330 g/mol. The van der Waals surface area contributed by atoms with Crippen molar-refractivity contribution < 1.29 is 13.6 Å². The number of carbonyl (C=O) groups excluding carboxylic acids is 1. The standard InChI is InChI=1S/C21H17NO4/c1-11-8-9-14-16(10-18(24)26-20(14)12(11)2)21-19(22-13(3)23)15-6-4-5-7-17(15)25-21/h4-10H,1-3H3,(H,22,23). The molecule has 26 heavy (non-hydrogen) atoms. The Bertz CT molecular complexity index is 1230. The molecule has 0 bridgehead atoms. The Hall–Kier alpha value is -3.34. The first kappa shape index (κ1) is 16.1. The highest BCUT2D eigenvalue weighted by Crippen LogP contribution is 2.40. The average Bonchev–Trinajstić information content (AvgIpc) is 2.96. The number of fused-ring (bicyclic) bond motifs is 2. The summed E-state index contributed by atoms with van der Waals surface area (Å²) in [7, 11) is 0. The summed E-state index contributed by atoms with van der Waals surface area (Å²) in [5.41, 5.74) is 3.79. The number of amides is 1. The maximum absolute atomic E-state index is 12.2. The summed E-state index contributed by atoms with van der Waals surface area (Å²) in [6.45, 7) is 5.32. The van der Waals surface area contributed by atoms with Crippen LogP contribution in [-0.2, 0) is 4.79 Å². The summed E-state index contributed by atoms with van der Waals surface area (Å²) >= 11 is 0. The van der Waals surface area contributed by atoms with Gasteiger partial charge in [0.25, 0.3) is 0 Å². The van der Waals surface area contributed by atoms with Crippen molar-refractivity contribution >= 4 is 33.5 Å². The number of carbonyl (C=O) groups is 1. The highest BCUT2D eigenvalue weighted by molar-refractivity contribution is 6.09. The quantitative estimate of drug-likeness (QED) is 0.530. The van der Waals surface area contributed by atoms with Gasteiger partial charge >= 0.3 is 5.63 Å². The molecule has 1 amide bonds. The van der Waals surface area contributed by atoms with Gasteiger partial charge in [0.2, 0.25) is 5.91 Å². The Labute approximate surface area is 149 Å². The van der Waals surface area contributed by atoms with Crippen molar-refractivity contribution in [2.45, 2.75) is 20.8 Å². The van der Waals surface area contributed by atoms with E-state index in [0.29, 0.717) is 28.2 Å². The molecular formula is C21H17NO4. The predicted molar refractivity (Wildman–Crippen MR) is 101 cm³/mol. The van der Waals surface area contributed by atoms with Gasteiger partial charge in [0.05, 0.1) is 5.69 Å². The topological polar surface area (TPSA) is 72.5 Å². The second kappa shape index (κ2) is 5.88. The molecule has 2 aromatic heterocycles. The third-order valence-corrected chi connectivity index (χ3v) is 4.57. The minimum atomic E-state index is -0.463. The van der Waals surface area contributed by atoms with Gasteiger partial charge in [-0.1, -0.05) is 24.3 Å². The minimum absolute atomic E-state index is 0.211. The van der Waals surface area contributed by atoms with E-state index in [9.17, 15) is 9.59 Å². The molecule has 4 rings (SSSR count). The van der Waals surface area contributed by atoms with Gasteiger partial charge in [-0.25, -0.2) is 4.79 Å². The van der Waals surface area contributed by atoms with Crippen LogP contribution in [0.1, 0.15) is 18.1 Å². The van der Waals surface area contributed by atoms with Gasteiger partial charge in [0.1, 0.15) is 11.2 Å². The Morgan fingerprint density at radius 2 is 1.77 bits per heavy atom. The van der Waals surface area contributed by atoms with Gasteiger partial charge in [-0.3, -0.25) is 4.79 Å². The maximum Gasteiger partial charge on any atom is 0.336 e. The number of nitrogens with one attached hydrogen (secondary N) is 1. The smallest absolute Gasteiger partial charge is 0.336 e. The third kappa shape index (κ3) is 2.49.